The van der Waals surface area contributed by atoms with Crippen molar-refractivity contribution < 1.29 is 8.76 Å². The molecule has 2 N–H and O–H groups in total. The smallest absolute Gasteiger partial charge is 0.0755 e. The van der Waals surface area contributed by atoms with Gasteiger partial charge in [-0.25, -0.2) is 0 Å². The molecule has 0 aromatic heterocycles. The van der Waals surface area contributed by atoms with Crippen molar-refractivity contribution in [2.75, 3.05) is 33.2 Å². The van der Waals surface area contributed by atoms with Gasteiger partial charge in [-0.15, -0.1) is 0 Å². The average molecular weight is 274 g/mol. The van der Waals surface area contributed by atoms with Crippen molar-refractivity contribution in [3.05, 3.63) is 0 Å². The Morgan fingerprint density at radius 1 is 1.17 bits per heavy atom. The van der Waals surface area contributed by atoms with Crippen molar-refractivity contribution in [2.24, 2.45) is 11.7 Å². The van der Waals surface area contributed by atoms with Gasteiger partial charge in [-0.1, -0.05) is 0 Å². The van der Waals surface area contributed by atoms with Crippen molar-refractivity contribution >= 4 is 11.1 Å². The number of hydrogen-bond donors (Lipinski definition) is 1. The summed E-state index contributed by atoms with van der Waals surface area (Å²) < 4.78 is 23.1. The molecule has 1 aliphatic heterocycles. The highest BCUT2D eigenvalue weighted by atomic mass is 32.2. The fourth-order valence-corrected chi connectivity index (χ4v) is 4.12. The monoisotopic (exact) mass is 274 g/mol. The molecule has 1 saturated carbocycles. The van der Waals surface area contributed by atoms with Crippen LogP contribution in [0.5, 0.6) is 0 Å². The van der Waals surface area contributed by atoms with Gasteiger partial charge in [-0.3, -0.25) is 9.11 Å². The van der Waals surface area contributed by atoms with Crippen LogP contribution in [0.4, 0.5) is 0 Å². The Morgan fingerprint density at radius 3 is 2.22 bits per heavy atom. The maximum Gasteiger partial charge on any atom is 0.0755 e. The molecular weight excluding hydrogens is 250 g/mol. The predicted octanol–water partition coefficient (Wildman–Crippen LogP) is -0.0435. The molecule has 0 spiro atoms. The van der Waals surface area contributed by atoms with E-state index < -0.39 is 11.1 Å². The molecule has 18 heavy (non-hydrogen) atoms. The molecule has 2 aliphatic rings. The van der Waals surface area contributed by atoms with Gasteiger partial charge < -0.3 is 15.2 Å². The quantitative estimate of drug-likeness (QED) is 0.731. The van der Waals surface area contributed by atoms with Crippen molar-refractivity contribution in [1.82, 2.24) is 9.80 Å². The highest BCUT2D eigenvalue weighted by Gasteiger charge is 2.32. The molecular formula is C12H24N3O2S-. The highest BCUT2D eigenvalue weighted by Crippen LogP contribution is 2.30. The van der Waals surface area contributed by atoms with Gasteiger partial charge in [0.1, 0.15) is 0 Å². The van der Waals surface area contributed by atoms with Gasteiger partial charge in [-0.05, 0) is 49.7 Å². The molecule has 1 heterocycles. The summed E-state index contributed by atoms with van der Waals surface area (Å²) in [4.78, 5) is 4.39. The average Bonchev–Trinajstić information content (AvgIpc) is 2.34. The van der Waals surface area contributed by atoms with Gasteiger partial charge in [0.25, 0.3) is 0 Å². The topological polar surface area (TPSA) is 72.6 Å². The maximum absolute atomic E-state index is 11.6. The first-order valence-electron chi connectivity index (χ1n) is 6.84. The van der Waals surface area contributed by atoms with Crippen LogP contribution in [-0.2, 0) is 11.1 Å². The standard InChI is InChI=1S/C12H25N3O2S/c1-14-6-8-15(9-7-14)12(18(16)17)10-2-4-11(13)5-3-10/h10-12H,2-9,13H2,1H3,(H,16,17)/p-1. The molecule has 2 atom stereocenters. The lowest BCUT2D eigenvalue weighted by Crippen LogP contribution is -2.53. The van der Waals surface area contributed by atoms with E-state index in [0.717, 1.165) is 51.9 Å². The maximum atomic E-state index is 11.6. The minimum absolute atomic E-state index is 0.270. The van der Waals surface area contributed by atoms with E-state index in [0.29, 0.717) is 0 Å². The Hall–Kier alpha value is -0.0100. The van der Waals surface area contributed by atoms with Crippen LogP contribution in [0.3, 0.4) is 0 Å². The zero-order chi connectivity index (χ0) is 13.1. The summed E-state index contributed by atoms with van der Waals surface area (Å²) in [6, 6.07) is 0.273. The van der Waals surface area contributed by atoms with Gasteiger partial charge in [0, 0.05) is 32.2 Å². The highest BCUT2D eigenvalue weighted by molar-refractivity contribution is 7.79. The second-order valence-electron chi connectivity index (χ2n) is 5.67. The number of rotatable bonds is 3. The Bertz CT molecular complexity index is 265. The first-order valence-corrected chi connectivity index (χ1v) is 7.98. The molecule has 0 amide bonds. The minimum atomic E-state index is -2.00. The van der Waals surface area contributed by atoms with Crippen molar-refractivity contribution in [3.8, 4) is 0 Å². The summed E-state index contributed by atoms with van der Waals surface area (Å²) in [7, 11) is 2.08. The van der Waals surface area contributed by atoms with E-state index in [1.165, 1.54) is 0 Å². The second kappa shape index (κ2) is 6.43. The first kappa shape index (κ1) is 14.4. The number of nitrogens with zero attached hydrogens (tertiary/aromatic N) is 2. The first-order chi connectivity index (χ1) is 8.58. The molecule has 1 saturated heterocycles. The zero-order valence-electron chi connectivity index (χ0n) is 11.1. The van der Waals surface area contributed by atoms with E-state index in [-0.39, 0.29) is 17.3 Å². The fraction of sp³-hybridized carbons (Fsp3) is 1.00. The molecule has 106 valence electrons. The SMILES string of the molecule is CN1CCN(C(C2CCC(N)CC2)S(=O)[O-])CC1. The van der Waals surface area contributed by atoms with Crippen LogP contribution in [0.15, 0.2) is 0 Å². The molecule has 6 heteroatoms. The summed E-state index contributed by atoms with van der Waals surface area (Å²) in [5.41, 5.74) is 5.90. The Kier molecular flexibility index (Phi) is 5.14. The number of hydrogen-bond acceptors (Lipinski definition) is 5. The molecule has 2 fully saturated rings. The van der Waals surface area contributed by atoms with E-state index in [9.17, 15) is 8.76 Å². The zero-order valence-corrected chi connectivity index (χ0v) is 11.9. The van der Waals surface area contributed by atoms with Crippen molar-refractivity contribution in [2.45, 2.75) is 37.1 Å². The molecule has 1 aliphatic carbocycles. The Balaban J connectivity index is 1.97. The molecule has 5 nitrogen and oxygen atoms in total. The van der Waals surface area contributed by atoms with Crippen LogP contribution >= 0.6 is 0 Å². The van der Waals surface area contributed by atoms with Crippen LogP contribution in [0.25, 0.3) is 0 Å². The summed E-state index contributed by atoms with van der Waals surface area (Å²) in [5.74, 6) is 0.270. The summed E-state index contributed by atoms with van der Waals surface area (Å²) in [5, 5.41) is -0.300. The van der Waals surface area contributed by atoms with Crippen LogP contribution in [-0.4, -0.2) is 63.2 Å². The molecule has 0 bridgehead atoms. The Morgan fingerprint density at radius 2 is 1.72 bits per heavy atom. The van der Waals surface area contributed by atoms with Crippen LogP contribution < -0.4 is 5.73 Å². The van der Waals surface area contributed by atoms with E-state index in [1.54, 1.807) is 0 Å². The van der Waals surface area contributed by atoms with E-state index in [4.69, 9.17) is 5.73 Å². The lowest BCUT2D eigenvalue weighted by molar-refractivity contribution is 0.102. The molecule has 2 rings (SSSR count). The van der Waals surface area contributed by atoms with Gasteiger partial charge in [0.2, 0.25) is 0 Å². The number of piperazine rings is 1. The molecule has 0 aromatic carbocycles. The number of likely N-dealkylation sites (N-methyl/N-ethyl adjacent to an activating group) is 1. The normalized spacial score (nSPS) is 35.3. The summed E-state index contributed by atoms with van der Waals surface area (Å²) >= 11 is -2.00. The lowest BCUT2D eigenvalue weighted by atomic mass is 9.86. The predicted molar refractivity (Wildman–Crippen MR) is 71.7 cm³/mol. The third-order valence-electron chi connectivity index (χ3n) is 4.31. The van der Waals surface area contributed by atoms with Crippen LogP contribution in [0.1, 0.15) is 25.7 Å². The van der Waals surface area contributed by atoms with Gasteiger partial charge >= 0.3 is 0 Å². The molecule has 0 radical (unpaired) electrons. The lowest BCUT2D eigenvalue weighted by Gasteiger charge is -2.43. The van der Waals surface area contributed by atoms with Gasteiger partial charge in [-0.2, -0.15) is 0 Å². The number of nitrogens with two attached hydrogens (primary N) is 1. The van der Waals surface area contributed by atoms with E-state index in [2.05, 4.69) is 16.8 Å². The van der Waals surface area contributed by atoms with Gasteiger partial charge in [0.05, 0.1) is 5.37 Å². The Labute approximate surface area is 112 Å². The molecule has 0 aromatic rings. The van der Waals surface area contributed by atoms with Crippen molar-refractivity contribution in [3.63, 3.8) is 0 Å². The van der Waals surface area contributed by atoms with Crippen molar-refractivity contribution in [1.29, 1.82) is 0 Å². The van der Waals surface area contributed by atoms with E-state index in [1.807, 2.05) is 0 Å². The third kappa shape index (κ3) is 3.51. The minimum Gasteiger partial charge on any atom is -0.771 e. The summed E-state index contributed by atoms with van der Waals surface area (Å²) in [6.07, 6.45) is 3.83. The second-order valence-corrected chi connectivity index (χ2v) is 6.67. The fourth-order valence-electron chi connectivity index (χ4n) is 3.08. The summed E-state index contributed by atoms with van der Waals surface area (Å²) in [6.45, 7) is 3.63. The van der Waals surface area contributed by atoms with Crippen LogP contribution in [0.2, 0.25) is 0 Å². The van der Waals surface area contributed by atoms with Gasteiger partial charge in [0.15, 0.2) is 0 Å². The molecule has 2 unspecified atom stereocenters. The van der Waals surface area contributed by atoms with Crippen LogP contribution in [0, 0.1) is 5.92 Å². The third-order valence-corrected chi connectivity index (χ3v) is 5.39. The van der Waals surface area contributed by atoms with E-state index >= 15 is 0 Å². The largest absolute Gasteiger partial charge is 0.771 e.